The molecule has 5 nitrogen and oxygen atoms in total. The third-order valence-corrected chi connectivity index (χ3v) is 6.64. The first kappa shape index (κ1) is 20.7. The van der Waals surface area contributed by atoms with Crippen LogP contribution in [0.5, 0.6) is 0 Å². The summed E-state index contributed by atoms with van der Waals surface area (Å²) in [5, 5.41) is 3.21. The molecule has 0 spiro atoms. The van der Waals surface area contributed by atoms with E-state index in [2.05, 4.69) is 26.2 Å². The van der Waals surface area contributed by atoms with Crippen molar-refractivity contribution in [1.29, 1.82) is 0 Å². The van der Waals surface area contributed by atoms with E-state index < -0.39 is 17.3 Å². The van der Waals surface area contributed by atoms with Crippen molar-refractivity contribution >= 4 is 39.4 Å². The van der Waals surface area contributed by atoms with Gasteiger partial charge in [0.05, 0.1) is 10.0 Å². The van der Waals surface area contributed by atoms with Crippen molar-refractivity contribution in [3.8, 4) is 0 Å². The van der Waals surface area contributed by atoms with Crippen molar-refractivity contribution in [3.63, 3.8) is 0 Å². The number of hydrogen-bond donors (Lipinski definition) is 1. The molecule has 0 bridgehead atoms. The molecule has 1 aliphatic rings. The third-order valence-electron chi connectivity index (χ3n) is 4.93. The number of carbonyl (C=O) groups excluding carboxylic acids is 1. The maximum atomic E-state index is 13.7. The molecule has 2 heterocycles. The molecule has 2 aromatic carbocycles. The van der Waals surface area contributed by atoms with E-state index in [9.17, 15) is 18.4 Å². The summed E-state index contributed by atoms with van der Waals surface area (Å²) in [6, 6.07) is 10.5. The van der Waals surface area contributed by atoms with Crippen LogP contribution in [0.15, 0.2) is 56.9 Å². The maximum Gasteiger partial charge on any atom is 0.279 e. The Morgan fingerprint density at radius 2 is 1.93 bits per heavy atom. The predicted molar refractivity (Wildman–Crippen MR) is 115 cm³/mol. The highest BCUT2D eigenvalue weighted by Gasteiger charge is 2.32. The van der Waals surface area contributed by atoms with Gasteiger partial charge in [0.25, 0.3) is 5.56 Å². The number of fused-ring (bicyclic) bond motifs is 1. The highest BCUT2D eigenvalue weighted by Crippen LogP contribution is 2.37. The zero-order chi connectivity index (χ0) is 21.4. The number of nitrogens with zero attached hydrogens (tertiary/aromatic N) is 2. The molecule has 1 aromatic heterocycles. The molecule has 9 heteroatoms. The summed E-state index contributed by atoms with van der Waals surface area (Å²) < 4.78 is 28.7. The summed E-state index contributed by atoms with van der Waals surface area (Å²) in [4.78, 5) is 29.5. The van der Waals surface area contributed by atoms with E-state index in [4.69, 9.17) is 0 Å². The smallest absolute Gasteiger partial charge is 0.279 e. The number of anilines is 1. The molecule has 1 aliphatic heterocycles. The van der Waals surface area contributed by atoms with Crippen LogP contribution in [0.3, 0.4) is 0 Å². The minimum Gasteiger partial charge on any atom is -0.312 e. The minimum atomic E-state index is -0.520. The zero-order valence-corrected chi connectivity index (χ0v) is 18.2. The van der Waals surface area contributed by atoms with E-state index >= 15 is 0 Å². The first-order chi connectivity index (χ1) is 14.3. The quantitative estimate of drug-likeness (QED) is 0.428. The molecular formula is C21H16BrF2N3O2S. The van der Waals surface area contributed by atoms with Crippen molar-refractivity contribution in [1.82, 2.24) is 9.55 Å². The fourth-order valence-corrected chi connectivity index (χ4v) is 4.72. The number of benzene rings is 2. The topological polar surface area (TPSA) is 64.0 Å². The number of aromatic nitrogens is 2. The number of hydrogen-bond acceptors (Lipinski definition) is 4. The lowest BCUT2D eigenvalue weighted by Crippen LogP contribution is -2.33. The summed E-state index contributed by atoms with van der Waals surface area (Å²) in [6.45, 7) is 0. The average molecular weight is 492 g/mol. The fraction of sp³-hybridized carbons (Fsp3) is 0.190. The Kier molecular flexibility index (Phi) is 5.75. The van der Waals surface area contributed by atoms with E-state index in [1.807, 2.05) is 0 Å². The van der Waals surface area contributed by atoms with Crippen LogP contribution in [0, 0.1) is 11.6 Å². The van der Waals surface area contributed by atoms with Crippen LogP contribution < -0.4 is 10.9 Å². The lowest BCUT2D eigenvalue weighted by Gasteiger charge is -2.27. The molecule has 0 aliphatic carbocycles. The molecule has 0 fully saturated rings. The standard InChI is InChI=1S/C21H16BrF2N3O2S/c1-27-19-18(14(9-17(28)25-19)12-4-7-16(24)15(22)8-12)20(29)26-21(27)30-10-11-2-5-13(23)6-3-11/h2-8,14H,9-10H2,1H3,(H,25,28)/t14-/m0/s1. The van der Waals surface area contributed by atoms with Crippen LogP contribution in [0.2, 0.25) is 0 Å². The Bertz CT molecular complexity index is 1200. The van der Waals surface area contributed by atoms with Gasteiger partial charge in [-0.1, -0.05) is 30.0 Å². The predicted octanol–water partition coefficient (Wildman–Crippen LogP) is 4.59. The number of carbonyl (C=O) groups is 1. The number of thioether (sulfide) groups is 1. The van der Waals surface area contributed by atoms with Gasteiger partial charge in [-0.3, -0.25) is 9.59 Å². The number of halogens is 3. The molecule has 1 atom stereocenters. The second-order valence-corrected chi connectivity index (χ2v) is 8.71. The van der Waals surface area contributed by atoms with Crippen LogP contribution in [0.25, 0.3) is 0 Å². The van der Waals surface area contributed by atoms with Crippen molar-refractivity contribution in [3.05, 3.63) is 85.6 Å². The fourth-order valence-electron chi connectivity index (χ4n) is 3.41. The van der Waals surface area contributed by atoms with Crippen molar-refractivity contribution < 1.29 is 13.6 Å². The molecule has 1 amide bonds. The molecule has 4 rings (SSSR count). The molecule has 30 heavy (non-hydrogen) atoms. The van der Waals surface area contributed by atoms with Crippen molar-refractivity contribution in [2.75, 3.05) is 5.32 Å². The van der Waals surface area contributed by atoms with Gasteiger partial charge in [-0.15, -0.1) is 0 Å². The Morgan fingerprint density at radius 1 is 1.20 bits per heavy atom. The number of nitrogens with one attached hydrogen (secondary N) is 1. The normalized spacial score (nSPS) is 15.6. The largest absolute Gasteiger partial charge is 0.312 e. The second kappa shape index (κ2) is 8.31. The lowest BCUT2D eigenvalue weighted by molar-refractivity contribution is -0.116. The van der Waals surface area contributed by atoms with Gasteiger partial charge >= 0.3 is 0 Å². The number of rotatable bonds is 4. The summed E-state index contributed by atoms with van der Waals surface area (Å²) in [7, 11) is 1.72. The molecular weight excluding hydrogens is 476 g/mol. The van der Waals surface area contributed by atoms with Gasteiger partial charge in [-0.05, 0) is 51.3 Å². The summed E-state index contributed by atoms with van der Waals surface area (Å²) in [5.74, 6) is -0.612. The molecule has 154 valence electrons. The van der Waals surface area contributed by atoms with Gasteiger partial charge in [-0.25, -0.2) is 8.78 Å². The zero-order valence-electron chi connectivity index (χ0n) is 15.8. The Morgan fingerprint density at radius 3 is 2.63 bits per heavy atom. The first-order valence-corrected chi connectivity index (χ1v) is 10.8. The summed E-state index contributed by atoms with van der Waals surface area (Å²) in [6.07, 6.45) is 0.0735. The Hall–Kier alpha value is -2.52. The van der Waals surface area contributed by atoms with Gasteiger partial charge in [0.1, 0.15) is 17.5 Å². The maximum absolute atomic E-state index is 13.7. The van der Waals surface area contributed by atoms with E-state index in [0.717, 1.165) is 5.56 Å². The van der Waals surface area contributed by atoms with E-state index in [-0.39, 0.29) is 22.6 Å². The van der Waals surface area contributed by atoms with Crippen LogP contribution in [0.4, 0.5) is 14.6 Å². The van der Waals surface area contributed by atoms with Crippen LogP contribution in [0.1, 0.15) is 29.0 Å². The van der Waals surface area contributed by atoms with Crippen LogP contribution in [-0.2, 0) is 17.6 Å². The molecule has 0 unspecified atom stereocenters. The highest BCUT2D eigenvalue weighted by atomic mass is 79.9. The molecule has 3 aromatic rings. The average Bonchev–Trinajstić information content (AvgIpc) is 2.72. The van der Waals surface area contributed by atoms with Gasteiger partial charge in [0.15, 0.2) is 5.16 Å². The van der Waals surface area contributed by atoms with Gasteiger partial charge < -0.3 is 9.88 Å². The summed E-state index contributed by atoms with van der Waals surface area (Å²) in [5.41, 5.74) is 1.48. The second-order valence-electron chi connectivity index (χ2n) is 6.91. The van der Waals surface area contributed by atoms with E-state index in [0.29, 0.717) is 27.9 Å². The Labute approximate surface area is 183 Å². The monoisotopic (exact) mass is 491 g/mol. The van der Waals surface area contributed by atoms with E-state index in [1.54, 1.807) is 35.9 Å². The SMILES string of the molecule is Cn1c(SCc2ccc(F)cc2)nc(=O)c2c1NC(=O)C[C@H]2c1ccc(F)c(Br)c1. The summed E-state index contributed by atoms with van der Waals surface area (Å²) >= 11 is 4.47. The molecule has 0 radical (unpaired) electrons. The third kappa shape index (κ3) is 4.04. The van der Waals surface area contributed by atoms with Crippen molar-refractivity contribution in [2.45, 2.75) is 23.2 Å². The van der Waals surface area contributed by atoms with Crippen LogP contribution >= 0.6 is 27.7 Å². The van der Waals surface area contributed by atoms with Gasteiger partial charge in [0, 0.05) is 25.1 Å². The van der Waals surface area contributed by atoms with E-state index in [1.165, 1.54) is 30.0 Å². The first-order valence-electron chi connectivity index (χ1n) is 9.06. The molecule has 0 saturated carbocycles. The van der Waals surface area contributed by atoms with Crippen LogP contribution in [-0.4, -0.2) is 15.5 Å². The van der Waals surface area contributed by atoms with Gasteiger partial charge in [0.2, 0.25) is 5.91 Å². The highest BCUT2D eigenvalue weighted by molar-refractivity contribution is 9.10. The lowest BCUT2D eigenvalue weighted by atomic mass is 9.87. The number of amides is 1. The minimum absolute atomic E-state index is 0.0735. The van der Waals surface area contributed by atoms with Gasteiger partial charge in [-0.2, -0.15) is 4.98 Å². The Balaban J connectivity index is 1.71. The molecule has 1 N–H and O–H groups in total. The molecule has 0 saturated heterocycles. The van der Waals surface area contributed by atoms with Crippen molar-refractivity contribution in [2.24, 2.45) is 7.05 Å².